The third-order valence-corrected chi connectivity index (χ3v) is 7.53. The molecule has 41 heavy (non-hydrogen) atoms. The predicted molar refractivity (Wildman–Crippen MR) is 150 cm³/mol. The van der Waals surface area contributed by atoms with Crippen LogP contribution in [0.15, 0.2) is 59.7 Å². The van der Waals surface area contributed by atoms with Gasteiger partial charge in [-0.15, -0.1) is 0 Å². The zero-order valence-corrected chi connectivity index (χ0v) is 23.1. The summed E-state index contributed by atoms with van der Waals surface area (Å²) in [7, 11) is 1.63. The maximum Gasteiger partial charge on any atom is 0.387 e. The fourth-order valence-corrected chi connectivity index (χ4v) is 5.21. The molecule has 0 radical (unpaired) electrons. The van der Waals surface area contributed by atoms with Gasteiger partial charge < -0.3 is 19.6 Å². The zero-order chi connectivity index (χ0) is 29.3. The quantitative estimate of drug-likeness (QED) is 0.349. The smallest absolute Gasteiger partial charge is 0.387 e. The number of ether oxygens (including phenoxy) is 1. The maximum absolute atomic E-state index is 13.0. The molecule has 0 spiro atoms. The molecule has 0 bridgehead atoms. The highest BCUT2D eigenvalue weighted by Gasteiger charge is 2.30. The Morgan fingerprint density at radius 3 is 2.54 bits per heavy atom. The number of amides is 1. The SMILES string of the molecule is C[C@H](CO)C(=O)N1CCN(c2ncc(-c3ccc4c(=O)n(C)n(Cc5ccccc5OC(F)F)c4c3)cn2)C[C@H]1C. The average molecular weight is 567 g/mol. The fraction of sp³-hybridized carbons (Fsp3) is 0.379. The molecule has 12 heteroatoms. The van der Waals surface area contributed by atoms with E-state index in [0.29, 0.717) is 42.0 Å². The molecule has 0 aliphatic carbocycles. The number of piperazine rings is 1. The Bertz CT molecular complexity index is 1600. The third kappa shape index (κ3) is 5.64. The van der Waals surface area contributed by atoms with Crippen LogP contribution in [0.4, 0.5) is 14.7 Å². The number of anilines is 1. The lowest BCUT2D eigenvalue weighted by Gasteiger charge is -2.40. The largest absolute Gasteiger partial charge is 0.434 e. The van der Waals surface area contributed by atoms with Crippen LogP contribution >= 0.6 is 0 Å². The number of halogens is 2. The van der Waals surface area contributed by atoms with Gasteiger partial charge in [0.05, 0.1) is 30.0 Å². The average Bonchev–Trinajstić information content (AvgIpc) is 3.21. The lowest BCUT2D eigenvalue weighted by atomic mass is 10.1. The van der Waals surface area contributed by atoms with Crippen LogP contribution in [0, 0.1) is 5.92 Å². The molecule has 0 saturated carbocycles. The van der Waals surface area contributed by atoms with Gasteiger partial charge in [0.15, 0.2) is 0 Å². The number of aliphatic hydroxyl groups is 1. The van der Waals surface area contributed by atoms with Gasteiger partial charge in [-0.05, 0) is 30.7 Å². The lowest BCUT2D eigenvalue weighted by Crippen LogP contribution is -2.55. The van der Waals surface area contributed by atoms with Crippen molar-refractivity contribution in [2.75, 3.05) is 31.1 Å². The van der Waals surface area contributed by atoms with Crippen LogP contribution in [0.25, 0.3) is 22.0 Å². The summed E-state index contributed by atoms with van der Waals surface area (Å²) in [6.45, 7) is 2.37. The number of nitrogens with zero attached hydrogens (tertiary/aromatic N) is 6. The highest BCUT2D eigenvalue weighted by atomic mass is 19.3. The van der Waals surface area contributed by atoms with Crippen molar-refractivity contribution in [3.05, 3.63) is 70.8 Å². The maximum atomic E-state index is 13.0. The van der Waals surface area contributed by atoms with Gasteiger partial charge in [0.2, 0.25) is 11.9 Å². The molecule has 1 N–H and O–H groups in total. The number of hydrogen-bond donors (Lipinski definition) is 1. The zero-order valence-electron chi connectivity index (χ0n) is 23.1. The van der Waals surface area contributed by atoms with Crippen molar-refractivity contribution in [2.24, 2.45) is 13.0 Å². The van der Waals surface area contributed by atoms with Gasteiger partial charge in [0.1, 0.15) is 5.75 Å². The van der Waals surface area contributed by atoms with Gasteiger partial charge in [0, 0.05) is 56.2 Å². The van der Waals surface area contributed by atoms with Crippen LogP contribution < -0.4 is 15.2 Å². The number of carbonyl (C=O) groups is 1. The first-order chi connectivity index (χ1) is 19.7. The molecule has 1 saturated heterocycles. The third-order valence-electron chi connectivity index (χ3n) is 7.53. The van der Waals surface area contributed by atoms with Crippen LogP contribution in [0.3, 0.4) is 0 Å². The topological polar surface area (TPSA) is 106 Å². The van der Waals surface area contributed by atoms with E-state index in [9.17, 15) is 23.5 Å². The molecular formula is C29H32F2N6O4. The number of benzene rings is 2. The van der Waals surface area contributed by atoms with Crippen LogP contribution in [-0.4, -0.2) is 74.1 Å². The van der Waals surface area contributed by atoms with E-state index in [-0.39, 0.29) is 36.4 Å². The fourth-order valence-electron chi connectivity index (χ4n) is 5.21. The Kier molecular flexibility index (Phi) is 8.02. The van der Waals surface area contributed by atoms with Gasteiger partial charge in [-0.3, -0.25) is 19.0 Å². The van der Waals surface area contributed by atoms with E-state index in [1.807, 2.05) is 24.0 Å². The molecule has 2 atom stereocenters. The number of rotatable bonds is 8. The molecule has 5 rings (SSSR count). The Morgan fingerprint density at radius 1 is 1.12 bits per heavy atom. The molecule has 10 nitrogen and oxygen atoms in total. The van der Waals surface area contributed by atoms with Crippen molar-refractivity contribution in [3.63, 3.8) is 0 Å². The van der Waals surface area contributed by atoms with E-state index in [1.165, 1.54) is 10.7 Å². The molecule has 216 valence electrons. The van der Waals surface area contributed by atoms with E-state index in [4.69, 9.17) is 0 Å². The summed E-state index contributed by atoms with van der Waals surface area (Å²) in [5.74, 6) is 0.116. The summed E-state index contributed by atoms with van der Waals surface area (Å²) in [5, 5.41) is 9.84. The Hall–Kier alpha value is -4.32. The van der Waals surface area contributed by atoms with E-state index < -0.39 is 12.5 Å². The Balaban J connectivity index is 1.39. The summed E-state index contributed by atoms with van der Waals surface area (Å²) in [6.07, 6.45) is 3.44. The first-order valence-electron chi connectivity index (χ1n) is 13.4. The number of aromatic nitrogens is 4. The second kappa shape index (κ2) is 11.7. The van der Waals surface area contributed by atoms with Gasteiger partial charge in [-0.2, -0.15) is 8.78 Å². The minimum absolute atomic E-state index is 0.0537. The number of para-hydroxylation sites is 1. The van der Waals surface area contributed by atoms with E-state index in [2.05, 4.69) is 14.7 Å². The molecule has 1 fully saturated rings. The van der Waals surface area contributed by atoms with Gasteiger partial charge in [0.25, 0.3) is 5.56 Å². The number of carbonyl (C=O) groups excluding carboxylic acids is 1. The Labute approximate surface area is 235 Å². The van der Waals surface area contributed by atoms with Crippen molar-refractivity contribution < 1.29 is 23.4 Å². The van der Waals surface area contributed by atoms with Crippen molar-refractivity contribution in [1.82, 2.24) is 24.2 Å². The molecular weight excluding hydrogens is 534 g/mol. The summed E-state index contributed by atoms with van der Waals surface area (Å²) >= 11 is 0. The van der Waals surface area contributed by atoms with Crippen molar-refractivity contribution >= 4 is 22.8 Å². The summed E-state index contributed by atoms with van der Waals surface area (Å²) in [5.41, 5.74) is 2.49. The van der Waals surface area contributed by atoms with Crippen LogP contribution in [0.1, 0.15) is 19.4 Å². The van der Waals surface area contributed by atoms with Crippen LogP contribution in [-0.2, 0) is 18.4 Å². The van der Waals surface area contributed by atoms with Gasteiger partial charge in [-0.25, -0.2) is 9.97 Å². The predicted octanol–water partition coefficient (Wildman–Crippen LogP) is 3.11. The highest BCUT2D eigenvalue weighted by molar-refractivity contribution is 5.84. The lowest BCUT2D eigenvalue weighted by molar-refractivity contribution is -0.138. The minimum Gasteiger partial charge on any atom is -0.434 e. The van der Waals surface area contributed by atoms with Crippen LogP contribution in [0.5, 0.6) is 5.75 Å². The summed E-state index contributed by atoms with van der Waals surface area (Å²) < 4.78 is 33.8. The number of alkyl halides is 2. The first kappa shape index (κ1) is 28.2. The summed E-state index contributed by atoms with van der Waals surface area (Å²) in [6, 6.07) is 11.9. The van der Waals surface area contributed by atoms with Crippen molar-refractivity contribution in [1.29, 1.82) is 0 Å². The van der Waals surface area contributed by atoms with E-state index in [1.54, 1.807) is 60.2 Å². The monoisotopic (exact) mass is 566 g/mol. The summed E-state index contributed by atoms with van der Waals surface area (Å²) in [4.78, 5) is 38.5. The van der Waals surface area contributed by atoms with Gasteiger partial charge >= 0.3 is 6.61 Å². The minimum atomic E-state index is -2.96. The number of fused-ring (bicyclic) bond motifs is 1. The Morgan fingerprint density at radius 2 is 1.85 bits per heavy atom. The normalized spacial score (nSPS) is 16.4. The van der Waals surface area contributed by atoms with E-state index >= 15 is 0 Å². The molecule has 0 unspecified atom stereocenters. The first-order valence-corrected chi connectivity index (χ1v) is 13.4. The number of aliphatic hydroxyl groups excluding tert-OH is 1. The standard InChI is InChI=1S/C29H32F2N6O4/c1-18(17-38)26(39)36-11-10-35(15-19(36)2)29-32-13-22(14-33-29)20-8-9-23-24(12-20)37(34(3)27(23)40)16-21-6-4-5-7-25(21)41-28(30)31/h4-9,12-14,18-19,28,38H,10-11,15-17H2,1-3H3/t18-,19-/m1/s1. The second-order valence-electron chi connectivity index (χ2n) is 10.3. The molecule has 2 aromatic heterocycles. The van der Waals surface area contributed by atoms with Crippen molar-refractivity contribution in [2.45, 2.75) is 33.0 Å². The molecule has 1 aliphatic heterocycles. The second-order valence-corrected chi connectivity index (χ2v) is 10.3. The molecule has 4 aromatic rings. The van der Waals surface area contributed by atoms with Crippen molar-refractivity contribution in [3.8, 4) is 16.9 Å². The molecule has 2 aromatic carbocycles. The van der Waals surface area contributed by atoms with Crippen LogP contribution in [0.2, 0.25) is 0 Å². The number of hydrogen-bond acceptors (Lipinski definition) is 7. The van der Waals surface area contributed by atoms with E-state index in [0.717, 1.165) is 11.1 Å². The van der Waals surface area contributed by atoms with Gasteiger partial charge in [-0.1, -0.05) is 31.2 Å². The molecule has 1 amide bonds. The highest BCUT2D eigenvalue weighted by Crippen LogP contribution is 2.27. The molecule has 3 heterocycles. The molecule has 1 aliphatic rings.